The zero-order valence-electron chi connectivity index (χ0n) is 11.3. The number of hydrogen-bond donors (Lipinski definition) is 2. The molecule has 1 unspecified atom stereocenters. The van der Waals surface area contributed by atoms with Crippen LogP contribution >= 0.6 is 27.5 Å². The Morgan fingerprint density at radius 2 is 1.76 bits per heavy atom. The number of urea groups is 1. The molecule has 1 atom stereocenters. The van der Waals surface area contributed by atoms with Crippen LogP contribution in [0.5, 0.6) is 5.75 Å². The number of amides is 2. The van der Waals surface area contributed by atoms with Gasteiger partial charge in [0.1, 0.15) is 5.75 Å². The van der Waals surface area contributed by atoms with E-state index in [1.54, 1.807) is 43.3 Å². The molecule has 0 saturated carbocycles. The van der Waals surface area contributed by atoms with Crippen LogP contribution in [0.3, 0.4) is 0 Å². The van der Waals surface area contributed by atoms with E-state index in [4.69, 9.17) is 16.3 Å². The third-order valence-corrected chi connectivity index (χ3v) is 3.34. The van der Waals surface area contributed by atoms with Gasteiger partial charge in [0.05, 0.1) is 0 Å². The Bertz CT molecular complexity index is 602. The topological polar surface area (TPSA) is 50.4 Å². The van der Waals surface area contributed by atoms with E-state index in [1.165, 1.54) is 0 Å². The molecular weight excluding hydrogens is 356 g/mol. The van der Waals surface area contributed by atoms with E-state index in [-0.39, 0.29) is 6.03 Å². The van der Waals surface area contributed by atoms with Crippen LogP contribution < -0.4 is 15.4 Å². The van der Waals surface area contributed by atoms with Crippen LogP contribution in [-0.2, 0) is 0 Å². The number of carbonyl (C=O) groups is 1. The molecule has 0 spiro atoms. The van der Waals surface area contributed by atoms with E-state index in [0.717, 1.165) is 4.47 Å². The van der Waals surface area contributed by atoms with Gasteiger partial charge in [-0.3, -0.25) is 0 Å². The molecule has 2 N–H and O–H groups in total. The average Bonchev–Trinajstić information content (AvgIpc) is 2.44. The van der Waals surface area contributed by atoms with Crippen LogP contribution in [-0.4, -0.2) is 12.3 Å². The first-order valence-corrected chi connectivity index (χ1v) is 7.45. The highest BCUT2D eigenvalue weighted by atomic mass is 79.9. The van der Waals surface area contributed by atoms with Gasteiger partial charge in [-0.1, -0.05) is 27.5 Å². The van der Waals surface area contributed by atoms with Crippen molar-refractivity contribution in [3.05, 3.63) is 58.0 Å². The van der Waals surface area contributed by atoms with Crippen molar-refractivity contribution in [3.63, 3.8) is 0 Å². The highest BCUT2D eigenvalue weighted by Gasteiger charge is 2.08. The summed E-state index contributed by atoms with van der Waals surface area (Å²) in [6.45, 7) is 1.75. The molecule has 0 bridgehead atoms. The van der Waals surface area contributed by atoms with Crippen LogP contribution in [0, 0.1) is 0 Å². The largest absolute Gasteiger partial charge is 0.471 e. The number of halogens is 2. The number of hydrogen-bond acceptors (Lipinski definition) is 2. The Kier molecular flexibility index (Phi) is 5.47. The number of carbonyl (C=O) groups excluding carboxylic acids is 1. The summed E-state index contributed by atoms with van der Waals surface area (Å²) in [7, 11) is 0. The van der Waals surface area contributed by atoms with Crippen LogP contribution in [0.2, 0.25) is 5.02 Å². The minimum Gasteiger partial charge on any atom is -0.471 e. The molecule has 21 heavy (non-hydrogen) atoms. The summed E-state index contributed by atoms with van der Waals surface area (Å²) in [4.78, 5) is 11.8. The fourth-order valence-electron chi connectivity index (χ4n) is 1.63. The van der Waals surface area contributed by atoms with Crippen LogP contribution in [0.1, 0.15) is 6.92 Å². The summed E-state index contributed by atoms with van der Waals surface area (Å²) in [6, 6.07) is 13.9. The molecule has 0 aliphatic rings. The van der Waals surface area contributed by atoms with Crippen LogP contribution in [0.25, 0.3) is 0 Å². The zero-order valence-corrected chi connectivity index (χ0v) is 13.6. The highest BCUT2D eigenvalue weighted by molar-refractivity contribution is 9.10. The Labute approximate surface area is 136 Å². The summed E-state index contributed by atoms with van der Waals surface area (Å²) in [6.07, 6.45) is -0.471. The molecule has 2 aromatic rings. The highest BCUT2D eigenvalue weighted by Crippen LogP contribution is 2.16. The monoisotopic (exact) mass is 368 g/mol. The second-order valence-electron chi connectivity index (χ2n) is 4.32. The minimum atomic E-state index is -0.471. The molecule has 0 fully saturated rings. The standard InChI is InChI=1S/C15H14BrClN2O2/c1-10(21-14-8-4-12(17)5-9-14)18-15(20)19-13-6-2-11(16)3-7-13/h2-10H,1H3,(H2,18,19,20). The molecule has 0 saturated heterocycles. The molecule has 0 aromatic heterocycles. The first kappa shape index (κ1) is 15.7. The molecule has 110 valence electrons. The van der Waals surface area contributed by atoms with Crippen molar-refractivity contribution in [2.75, 3.05) is 5.32 Å². The maximum absolute atomic E-state index is 11.8. The Balaban J connectivity index is 1.84. The van der Waals surface area contributed by atoms with E-state index in [9.17, 15) is 4.79 Å². The maximum atomic E-state index is 11.8. The van der Waals surface area contributed by atoms with Gasteiger partial charge in [-0.25, -0.2) is 4.79 Å². The van der Waals surface area contributed by atoms with Crippen molar-refractivity contribution in [3.8, 4) is 5.75 Å². The number of nitrogens with one attached hydrogen (secondary N) is 2. The fourth-order valence-corrected chi connectivity index (χ4v) is 2.02. The van der Waals surface area contributed by atoms with Crippen LogP contribution in [0.4, 0.5) is 10.5 Å². The lowest BCUT2D eigenvalue weighted by Gasteiger charge is -2.16. The van der Waals surface area contributed by atoms with Crippen molar-refractivity contribution in [2.45, 2.75) is 13.2 Å². The summed E-state index contributed by atoms with van der Waals surface area (Å²) >= 11 is 9.13. The maximum Gasteiger partial charge on any atom is 0.322 e. The Hall–Kier alpha value is -1.72. The quantitative estimate of drug-likeness (QED) is 0.771. The smallest absolute Gasteiger partial charge is 0.322 e. The molecule has 2 amide bonds. The lowest BCUT2D eigenvalue weighted by Crippen LogP contribution is -2.39. The average molecular weight is 370 g/mol. The molecule has 2 aromatic carbocycles. The Morgan fingerprint density at radius 1 is 1.14 bits per heavy atom. The molecule has 4 nitrogen and oxygen atoms in total. The van der Waals surface area contributed by atoms with E-state index < -0.39 is 6.23 Å². The summed E-state index contributed by atoms with van der Waals surface area (Å²) < 4.78 is 6.51. The van der Waals surface area contributed by atoms with Gasteiger partial charge in [0.15, 0.2) is 6.23 Å². The number of benzene rings is 2. The van der Waals surface area contributed by atoms with E-state index in [2.05, 4.69) is 26.6 Å². The lowest BCUT2D eigenvalue weighted by atomic mass is 10.3. The summed E-state index contributed by atoms with van der Waals surface area (Å²) in [5, 5.41) is 6.05. The fraction of sp³-hybridized carbons (Fsp3) is 0.133. The van der Waals surface area contributed by atoms with Crippen molar-refractivity contribution in [1.82, 2.24) is 5.32 Å². The van der Waals surface area contributed by atoms with E-state index in [0.29, 0.717) is 16.5 Å². The molecule has 2 rings (SSSR count). The van der Waals surface area contributed by atoms with Gasteiger partial charge in [0.25, 0.3) is 0 Å². The van der Waals surface area contributed by atoms with Crippen molar-refractivity contribution >= 4 is 39.2 Å². The first-order chi connectivity index (χ1) is 10.0. The second kappa shape index (κ2) is 7.33. The Morgan fingerprint density at radius 3 is 2.38 bits per heavy atom. The van der Waals surface area contributed by atoms with Crippen molar-refractivity contribution in [1.29, 1.82) is 0 Å². The minimum absolute atomic E-state index is 0.334. The van der Waals surface area contributed by atoms with Gasteiger partial charge in [-0.05, 0) is 55.5 Å². The van der Waals surface area contributed by atoms with Gasteiger partial charge in [-0.15, -0.1) is 0 Å². The molecule has 6 heteroatoms. The lowest BCUT2D eigenvalue weighted by molar-refractivity contribution is 0.183. The SMILES string of the molecule is CC(NC(=O)Nc1ccc(Br)cc1)Oc1ccc(Cl)cc1. The first-order valence-electron chi connectivity index (χ1n) is 6.28. The predicted molar refractivity (Wildman–Crippen MR) is 87.8 cm³/mol. The van der Waals surface area contributed by atoms with E-state index >= 15 is 0 Å². The van der Waals surface area contributed by atoms with Gasteiger partial charge in [-0.2, -0.15) is 0 Å². The molecule has 0 aliphatic carbocycles. The molecule has 0 aliphatic heterocycles. The van der Waals surface area contributed by atoms with Crippen LogP contribution in [0.15, 0.2) is 53.0 Å². The molecule has 0 radical (unpaired) electrons. The molecular formula is C15H14BrClN2O2. The van der Waals surface area contributed by atoms with Gasteiger partial charge >= 0.3 is 6.03 Å². The number of rotatable bonds is 4. The van der Waals surface area contributed by atoms with Gasteiger partial charge in [0.2, 0.25) is 0 Å². The van der Waals surface area contributed by atoms with Gasteiger partial charge < -0.3 is 15.4 Å². The van der Waals surface area contributed by atoms with E-state index in [1.807, 2.05) is 12.1 Å². The molecule has 0 heterocycles. The normalized spacial score (nSPS) is 11.6. The zero-order chi connectivity index (χ0) is 15.2. The third kappa shape index (κ3) is 5.28. The third-order valence-electron chi connectivity index (χ3n) is 2.56. The van der Waals surface area contributed by atoms with Crippen molar-refractivity contribution in [2.24, 2.45) is 0 Å². The second-order valence-corrected chi connectivity index (χ2v) is 5.67. The number of ether oxygens (including phenoxy) is 1. The van der Waals surface area contributed by atoms with Gasteiger partial charge in [0, 0.05) is 15.2 Å². The predicted octanol–water partition coefficient (Wildman–Crippen LogP) is 4.65. The van der Waals surface area contributed by atoms with Crippen molar-refractivity contribution < 1.29 is 9.53 Å². The number of anilines is 1. The summed E-state index contributed by atoms with van der Waals surface area (Å²) in [5.74, 6) is 0.635. The summed E-state index contributed by atoms with van der Waals surface area (Å²) in [5.41, 5.74) is 0.703.